The lowest BCUT2D eigenvalue weighted by Crippen LogP contribution is -2.37. The van der Waals surface area contributed by atoms with Crippen LogP contribution in [0.1, 0.15) is 31.3 Å². The summed E-state index contributed by atoms with van der Waals surface area (Å²) in [4.78, 5) is 27.0. The highest BCUT2D eigenvalue weighted by Gasteiger charge is 2.29. The predicted octanol–water partition coefficient (Wildman–Crippen LogP) is 2.38. The lowest BCUT2D eigenvalue weighted by Gasteiger charge is -2.21. The van der Waals surface area contributed by atoms with Crippen LogP contribution in [0.2, 0.25) is 0 Å². The first-order chi connectivity index (χ1) is 13.3. The van der Waals surface area contributed by atoms with Crippen LogP contribution in [0.25, 0.3) is 0 Å². The van der Waals surface area contributed by atoms with E-state index in [0.717, 1.165) is 16.9 Å². The Morgan fingerprint density at radius 2 is 1.64 bits per heavy atom. The van der Waals surface area contributed by atoms with Crippen molar-refractivity contribution in [3.63, 3.8) is 0 Å². The fraction of sp³-hybridized carbons (Fsp3) is 0.368. The van der Waals surface area contributed by atoms with Crippen LogP contribution >= 0.6 is 11.3 Å². The van der Waals surface area contributed by atoms with Gasteiger partial charge in [0.25, 0.3) is 5.91 Å². The largest absolute Gasteiger partial charge is 0.465 e. The van der Waals surface area contributed by atoms with Crippen LogP contribution in [0.5, 0.6) is 0 Å². The van der Waals surface area contributed by atoms with Crippen molar-refractivity contribution in [1.82, 2.24) is 9.21 Å². The second-order valence-electron chi connectivity index (χ2n) is 6.52. The number of methoxy groups -OCH3 is 1. The molecule has 1 saturated heterocycles. The van der Waals surface area contributed by atoms with E-state index in [-0.39, 0.29) is 17.3 Å². The highest BCUT2D eigenvalue weighted by Crippen LogP contribution is 2.22. The van der Waals surface area contributed by atoms with Gasteiger partial charge in [-0.15, -0.1) is 11.3 Å². The molecular formula is C19H22N2O5S2. The van der Waals surface area contributed by atoms with Crippen LogP contribution in [-0.4, -0.2) is 62.8 Å². The molecule has 1 aliphatic rings. The van der Waals surface area contributed by atoms with E-state index in [1.54, 1.807) is 41.3 Å². The van der Waals surface area contributed by atoms with Gasteiger partial charge in [0.2, 0.25) is 10.0 Å². The average Bonchev–Trinajstić information content (AvgIpc) is 3.04. The van der Waals surface area contributed by atoms with Gasteiger partial charge in [0, 0.05) is 26.2 Å². The van der Waals surface area contributed by atoms with Gasteiger partial charge in [0.05, 0.1) is 16.9 Å². The molecule has 28 heavy (non-hydrogen) atoms. The molecule has 150 valence electrons. The molecule has 0 atom stereocenters. The fourth-order valence-corrected chi connectivity index (χ4v) is 5.38. The Balaban J connectivity index is 1.70. The minimum atomic E-state index is -3.59. The highest BCUT2D eigenvalue weighted by atomic mass is 32.2. The first kappa shape index (κ1) is 20.5. The van der Waals surface area contributed by atoms with Crippen molar-refractivity contribution in [3.8, 4) is 0 Å². The number of esters is 1. The third-order valence-electron chi connectivity index (χ3n) is 4.60. The lowest BCUT2D eigenvalue weighted by molar-refractivity contribution is 0.0606. The van der Waals surface area contributed by atoms with Crippen molar-refractivity contribution in [2.45, 2.75) is 18.2 Å². The summed E-state index contributed by atoms with van der Waals surface area (Å²) in [6, 6.07) is 9.93. The average molecular weight is 423 g/mol. The molecule has 1 aromatic heterocycles. The minimum absolute atomic E-state index is 0.199. The number of ether oxygens (including phenoxy) is 1. The highest BCUT2D eigenvalue weighted by molar-refractivity contribution is 7.89. The SMILES string of the molecule is COC(=O)c1ccc(C(=O)N2CCCN(S(=O)(=O)c3ccc(C)cc3)CC2)s1. The van der Waals surface area contributed by atoms with Gasteiger partial charge in [-0.05, 0) is 37.6 Å². The van der Waals surface area contributed by atoms with Crippen molar-refractivity contribution in [1.29, 1.82) is 0 Å². The summed E-state index contributed by atoms with van der Waals surface area (Å²) in [7, 11) is -2.30. The smallest absolute Gasteiger partial charge is 0.348 e. The number of carbonyl (C=O) groups excluding carboxylic acids is 2. The molecule has 7 nitrogen and oxygen atoms in total. The normalized spacial score (nSPS) is 15.9. The molecule has 1 aromatic carbocycles. The fourth-order valence-electron chi connectivity index (χ4n) is 3.02. The lowest BCUT2D eigenvalue weighted by atomic mass is 10.2. The third kappa shape index (κ3) is 4.26. The Labute approximate surface area is 168 Å². The van der Waals surface area contributed by atoms with Gasteiger partial charge in [-0.2, -0.15) is 4.31 Å². The van der Waals surface area contributed by atoms with Crippen LogP contribution in [0.3, 0.4) is 0 Å². The number of amides is 1. The van der Waals surface area contributed by atoms with E-state index in [1.165, 1.54) is 11.4 Å². The number of benzene rings is 1. The zero-order valence-electron chi connectivity index (χ0n) is 15.8. The monoisotopic (exact) mass is 422 g/mol. The summed E-state index contributed by atoms with van der Waals surface area (Å²) in [6.45, 7) is 3.26. The second kappa shape index (κ2) is 8.42. The quantitative estimate of drug-likeness (QED) is 0.707. The van der Waals surface area contributed by atoms with Crippen LogP contribution in [0.15, 0.2) is 41.3 Å². The Morgan fingerprint density at radius 3 is 2.32 bits per heavy atom. The Bertz CT molecular complexity index is 966. The van der Waals surface area contributed by atoms with Crippen LogP contribution in [0, 0.1) is 6.92 Å². The molecule has 1 amide bonds. The van der Waals surface area contributed by atoms with Gasteiger partial charge in [0.15, 0.2) is 0 Å². The van der Waals surface area contributed by atoms with Crippen molar-refractivity contribution in [3.05, 3.63) is 51.7 Å². The molecular weight excluding hydrogens is 400 g/mol. The summed E-state index contributed by atoms with van der Waals surface area (Å²) >= 11 is 1.08. The molecule has 0 radical (unpaired) electrons. The van der Waals surface area contributed by atoms with Gasteiger partial charge >= 0.3 is 5.97 Å². The zero-order chi connectivity index (χ0) is 20.3. The molecule has 1 fully saturated rings. The minimum Gasteiger partial charge on any atom is -0.465 e. The number of nitrogens with zero attached hydrogens (tertiary/aromatic N) is 2. The van der Waals surface area contributed by atoms with Crippen molar-refractivity contribution in [2.24, 2.45) is 0 Å². The van der Waals surface area contributed by atoms with Crippen molar-refractivity contribution < 1.29 is 22.7 Å². The third-order valence-corrected chi connectivity index (χ3v) is 7.57. The van der Waals surface area contributed by atoms with E-state index in [2.05, 4.69) is 4.74 Å². The van der Waals surface area contributed by atoms with Gasteiger partial charge in [-0.1, -0.05) is 17.7 Å². The molecule has 0 saturated carbocycles. The molecule has 0 unspecified atom stereocenters. The molecule has 9 heteroatoms. The molecule has 2 heterocycles. The summed E-state index contributed by atoms with van der Waals surface area (Å²) in [5.74, 6) is -0.676. The number of hydrogen-bond donors (Lipinski definition) is 0. The van der Waals surface area contributed by atoms with Crippen LogP contribution in [-0.2, 0) is 14.8 Å². The number of sulfonamides is 1. The van der Waals surface area contributed by atoms with Gasteiger partial charge in [-0.25, -0.2) is 13.2 Å². The molecule has 2 aromatic rings. The topological polar surface area (TPSA) is 84.0 Å². The van der Waals surface area contributed by atoms with E-state index in [1.807, 2.05) is 6.92 Å². The van der Waals surface area contributed by atoms with Crippen LogP contribution in [0.4, 0.5) is 0 Å². The Kier molecular flexibility index (Phi) is 6.17. The van der Waals surface area contributed by atoms with Crippen molar-refractivity contribution >= 4 is 33.2 Å². The van der Waals surface area contributed by atoms with E-state index < -0.39 is 16.0 Å². The Hall–Kier alpha value is -2.23. The summed E-state index contributed by atoms with van der Waals surface area (Å²) in [6.07, 6.45) is 0.548. The first-order valence-corrected chi connectivity index (χ1v) is 11.1. The molecule has 0 bridgehead atoms. The maximum absolute atomic E-state index is 12.9. The van der Waals surface area contributed by atoms with Crippen LogP contribution < -0.4 is 0 Å². The first-order valence-electron chi connectivity index (χ1n) is 8.87. The zero-order valence-corrected chi connectivity index (χ0v) is 17.4. The van der Waals surface area contributed by atoms with E-state index in [4.69, 9.17) is 0 Å². The van der Waals surface area contributed by atoms with E-state index in [9.17, 15) is 18.0 Å². The standard InChI is InChI=1S/C19H22N2O5S2/c1-14-4-6-15(7-5-14)28(24,25)21-11-3-10-20(12-13-21)18(22)16-8-9-17(27-16)19(23)26-2/h4-9H,3,10-13H2,1-2H3. The Morgan fingerprint density at radius 1 is 0.964 bits per heavy atom. The summed E-state index contributed by atoms with van der Waals surface area (Å²) in [5, 5.41) is 0. The molecule has 0 N–H and O–H groups in total. The molecule has 0 spiro atoms. The number of rotatable bonds is 4. The molecule has 3 rings (SSSR count). The number of aryl methyl sites for hydroxylation is 1. The molecule has 1 aliphatic heterocycles. The molecule has 0 aliphatic carbocycles. The number of thiophene rings is 1. The predicted molar refractivity (Wildman–Crippen MR) is 106 cm³/mol. The van der Waals surface area contributed by atoms with Gasteiger partial charge in [0.1, 0.15) is 4.88 Å². The van der Waals surface area contributed by atoms with Gasteiger partial charge in [-0.3, -0.25) is 4.79 Å². The van der Waals surface area contributed by atoms with E-state index >= 15 is 0 Å². The summed E-state index contributed by atoms with van der Waals surface area (Å²) < 4.78 is 31.9. The summed E-state index contributed by atoms with van der Waals surface area (Å²) in [5.41, 5.74) is 0.994. The maximum atomic E-state index is 12.9. The second-order valence-corrected chi connectivity index (χ2v) is 9.54. The van der Waals surface area contributed by atoms with E-state index in [0.29, 0.717) is 35.8 Å². The van der Waals surface area contributed by atoms with Crippen molar-refractivity contribution in [2.75, 3.05) is 33.3 Å². The number of carbonyl (C=O) groups is 2. The maximum Gasteiger partial charge on any atom is 0.348 e. The number of hydrogen-bond acceptors (Lipinski definition) is 6. The van der Waals surface area contributed by atoms with Gasteiger partial charge < -0.3 is 9.64 Å².